The van der Waals surface area contributed by atoms with E-state index in [2.05, 4.69) is 10.3 Å². The second-order valence-electron chi connectivity index (χ2n) is 4.45. The molecule has 0 unspecified atom stereocenters. The van der Waals surface area contributed by atoms with E-state index in [0.717, 1.165) is 11.6 Å². The molecule has 104 valence electrons. The predicted octanol–water partition coefficient (Wildman–Crippen LogP) is 2.78. The number of ketones is 1. The van der Waals surface area contributed by atoms with Crippen LogP contribution in [0.2, 0.25) is 5.02 Å². The first kappa shape index (κ1) is 14.3. The molecule has 5 nitrogen and oxygen atoms in total. The molecule has 2 rings (SSSR count). The number of halogens is 1. The van der Waals surface area contributed by atoms with Crippen LogP contribution in [0.5, 0.6) is 0 Å². The Bertz CT molecular complexity index is 660. The van der Waals surface area contributed by atoms with E-state index in [4.69, 9.17) is 11.6 Å². The van der Waals surface area contributed by atoms with Gasteiger partial charge in [-0.05, 0) is 31.5 Å². The van der Waals surface area contributed by atoms with Crippen molar-refractivity contribution in [3.63, 3.8) is 0 Å². The Morgan fingerprint density at radius 3 is 2.65 bits per heavy atom. The third kappa shape index (κ3) is 3.24. The standard InChI is InChI=1S/C14H14ClN3O2/c1-9(19)7-13(20)14-10(2)18(17-16-14)8-11-3-5-12(15)6-4-11/h3-7,20H,8H2,1-2H3/b13-7-. The highest BCUT2D eigenvalue weighted by Crippen LogP contribution is 2.15. The van der Waals surface area contributed by atoms with Crippen molar-refractivity contribution in [2.45, 2.75) is 20.4 Å². The van der Waals surface area contributed by atoms with Crippen molar-refractivity contribution in [1.29, 1.82) is 0 Å². The van der Waals surface area contributed by atoms with Crippen molar-refractivity contribution in [3.8, 4) is 0 Å². The lowest BCUT2D eigenvalue weighted by Crippen LogP contribution is -2.04. The summed E-state index contributed by atoms with van der Waals surface area (Å²) in [5.74, 6) is -0.411. The van der Waals surface area contributed by atoms with Crippen LogP contribution in [-0.4, -0.2) is 25.9 Å². The Morgan fingerprint density at radius 2 is 2.05 bits per heavy atom. The van der Waals surface area contributed by atoms with Gasteiger partial charge in [0.05, 0.1) is 12.2 Å². The predicted molar refractivity (Wildman–Crippen MR) is 76.6 cm³/mol. The fraction of sp³-hybridized carbons (Fsp3) is 0.214. The van der Waals surface area contributed by atoms with E-state index < -0.39 is 0 Å². The first-order chi connectivity index (χ1) is 9.47. The second-order valence-corrected chi connectivity index (χ2v) is 4.88. The van der Waals surface area contributed by atoms with Crippen LogP contribution >= 0.6 is 11.6 Å². The van der Waals surface area contributed by atoms with Crippen LogP contribution in [-0.2, 0) is 11.3 Å². The van der Waals surface area contributed by atoms with E-state index in [1.807, 2.05) is 12.1 Å². The fourth-order valence-corrected chi connectivity index (χ4v) is 1.90. The summed E-state index contributed by atoms with van der Waals surface area (Å²) in [7, 11) is 0. The summed E-state index contributed by atoms with van der Waals surface area (Å²) in [5, 5.41) is 18.3. The second kappa shape index (κ2) is 5.88. The molecule has 1 heterocycles. The zero-order valence-electron chi connectivity index (χ0n) is 11.2. The third-order valence-corrected chi connectivity index (χ3v) is 3.06. The van der Waals surface area contributed by atoms with Crippen LogP contribution in [0.15, 0.2) is 30.3 Å². The van der Waals surface area contributed by atoms with Gasteiger partial charge in [0.15, 0.2) is 5.78 Å². The molecule has 0 radical (unpaired) electrons. The summed E-state index contributed by atoms with van der Waals surface area (Å²) in [6.07, 6.45) is 1.13. The molecule has 0 aliphatic rings. The minimum Gasteiger partial charge on any atom is -0.505 e. The molecule has 0 fully saturated rings. The molecule has 0 aliphatic heterocycles. The lowest BCUT2D eigenvalue weighted by atomic mass is 10.2. The Labute approximate surface area is 121 Å². The van der Waals surface area contributed by atoms with E-state index >= 15 is 0 Å². The fourth-order valence-electron chi connectivity index (χ4n) is 1.77. The molecule has 6 heteroatoms. The first-order valence-electron chi connectivity index (χ1n) is 6.03. The summed E-state index contributed by atoms with van der Waals surface area (Å²) in [5.41, 5.74) is 2.02. The molecule has 1 aromatic heterocycles. The number of carbonyl (C=O) groups excluding carboxylic acids is 1. The number of benzene rings is 1. The minimum absolute atomic E-state index is 0.169. The minimum atomic E-state index is -0.242. The molecule has 20 heavy (non-hydrogen) atoms. The number of carbonyl (C=O) groups is 1. The van der Waals surface area contributed by atoms with Gasteiger partial charge in [-0.15, -0.1) is 5.10 Å². The van der Waals surface area contributed by atoms with Crippen molar-refractivity contribution in [1.82, 2.24) is 15.0 Å². The summed E-state index contributed by atoms with van der Waals surface area (Å²) >= 11 is 5.83. The number of allylic oxidation sites excluding steroid dienone is 1. The van der Waals surface area contributed by atoms with Gasteiger partial charge in [-0.3, -0.25) is 4.79 Å². The van der Waals surface area contributed by atoms with Gasteiger partial charge < -0.3 is 5.11 Å². The Morgan fingerprint density at radius 1 is 1.40 bits per heavy atom. The van der Waals surface area contributed by atoms with Crippen molar-refractivity contribution in [3.05, 3.63) is 52.3 Å². The maximum absolute atomic E-state index is 11.0. The topological polar surface area (TPSA) is 68.0 Å². The maximum atomic E-state index is 11.0. The molecule has 0 spiro atoms. The maximum Gasteiger partial charge on any atom is 0.156 e. The van der Waals surface area contributed by atoms with Crippen molar-refractivity contribution in [2.24, 2.45) is 0 Å². The SMILES string of the molecule is CC(=O)/C=C(\O)c1nnn(Cc2ccc(Cl)cc2)c1C. The van der Waals surface area contributed by atoms with Gasteiger partial charge in [-0.1, -0.05) is 28.9 Å². The normalized spacial score (nSPS) is 11.7. The number of hydrogen-bond acceptors (Lipinski definition) is 4. The van der Waals surface area contributed by atoms with Gasteiger partial charge in [0.1, 0.15) is 11.5 Å². The number of aliphatic hydroxyl groups is 1. The summed E-state index contributed by atoms with van der Waals surface area (Å²) < 4.78 is 1.66. The number of aromatic nitrogens is 3. The highest BCUT2D eigenvalue weighted by atomic mass is 35.5. The van der Waals surface area contributed by atoms with Crippen molar-refractivity contribution >= 4 is 23.1 Å². The van der Waals surface area contributed by atoms with Crippen LogP contribution in [0.25, 0.3) is 5.76 Å². The highest BCUT2D eigenvalue weighted by Gasteiger charge is 2.13. The van der Waals surface area contributed by atoms with E-state index in [9.17, 15) is 9.90 Å². The molecule has 0 saturated carbocycles. The van der Waals surface area contributed by atoms with Gasteiger partial charge in [-0.25, -0.2) is 4.68 Å². The summed E-state index contributed by atoms with van der Waals surface area (Å²) in [6.45, 7) is 3.67. The van der Waals surface area contributed by atoms with E-state index in [1.165, 1.54) is 6.92 Å². The van der Waals surface area contributed by atoms with E-state index in [0.29, 0.717) is 23.0 Å². The molecule has 0 saturated heterocycles. The average molecular weight is 292 g/mol. The molecule has 2 aromatic rings. The number of rotatable bonds is 4. The Hall–Kier alpha value is -2.14. The molecule has 0 amide bonds. The van der Waals surface area contributed by atoms with Crippen molar-refractivity contribution in [2.75, 3.05) is 0 Å². The zero-order valence-corrected chi connectivity index (χ0v) is 11.9. The summed E-state index contributed by atoms with van der Waals surface area (Å²) in [4.78, 5) is 11.0. The smallest absolute Gasteiger partial charge is 0.156 e. The van der Waals surface area contributed by atoms with Crippen LogP contribution < -0.4 is 0 Å². The van der Waals surface area contributed by atoms with Gasteiger partial charge in [0.25, 0.3) is 0 Å². The van der Waals surface area contributed by atoms with E-state index in [-0.39, 0.29) is 11.5 Å². The van der Waals surface area contributed by atoms with Gasteiger partial charge in [0.2, 0.25) is 0 Å². The van der Waals surface area contributed by atoms with Gasteiger partial charge in [0, 0.05) is 11.1 Å². The van der Waals surface area contributed by atoms with Crippen LogP contribution in [0.3, 0.4) is 0 Å². The molecule has 0 aliphatic carbocycles. The van der Waals surface area contributed by atoms with Crippen LogP contribution in [0, 0.1) is 6.92 Å². The average Bonchev–Trinajstić information content (AvgIpc) is 2.73. The largest absolute Gasteiger partial charge is 0.505 e. The first-order valence-corrected chi connectivity index (χ1v) is 6.41. The summed E-state index contributed by atoms with van der Waals surface area (Å²) in [6, 6.07) is 7.40. The Balaban J connectivity index is 2.25. The molecular weight excluding hydrogens is 278 g/mol. The number of hydrogen-bond donors (Lipinski definition) is 1. The number of aliphatic hydroxyl groups excluding tert-OH is 1. The molecule has 1 N–H and O–H groups in total. The lowest BCUT2D eigenvalue weighted by Gasteiger charge is -2.04. The highest BCUT2D eigenvalue weighted by molar-refractivity contribution is 6.30. The van der Waals surface area contributed by atoms with Gasteiger partial charge in [-0.2, -0.15) is 0 Å². The third-order valence-electron chi connectivity index (χ3n) is 2.81. The molecule has 1 aromatic carbocycles. The Kier molecular flexibility index (Phi) is 4.20. The monoisotopic (exact) mass is 291 g/mol. The molecule has 0 atom stereocenters. The lowest BCUT2D eigenvalue weighted by molar-refractivity contribution is -0.112. The van der Waals surface area contributed by atoms with Gasteiger partial charge >= 0.3 is 0 Å². The molecular formula is C14H14ClN3O2. The number of nitrogens with zero attached hydrogens (tertiary/aromatic N) is 3. The van der Waals surface area contributed by atoms with E-state index in [1.54, 1.807) is 23.7 Å². The zero-order chi connectivity index (χ0) is 14.7. The van der Waals surface area contributed by atoms with Crippen LogP contribution in [0.1, 0.15) is 23.9 Å². The molecule has 0 bridgehead atoms. The van der Waals surface area contributed by atoms with Crippen LogP contribution in [0.4, 0.5) is 0 Å². The van der Waals surface area contributed by atoms with Crippen molar-refractivity contribution < 1.29 is 9.90 Å². The quantitative estimate of drug-likeness (QED) is 0.695.